The van der Waals surface area contributed by atoms with Crippen molar-refractivity contribution in [2.45, 2.75) is 18.9 Å². The van der Waals surface area contributed by atoms with E-state index in [0.717, 1.165) is 19.4 Å². The maximum absolute atomic E-state index is 13.5. The number of carbonyl (C=O) groups is 1. The summed E-state index contributed by atoms with van der Waals surface area (Å²) in [6, 6.07) is 17.1. The van der Waals surface area contributed by atoms with Gasteiger partial charge < -0.3 is 10.1 Å². The van der Waals surface area contributed by atoms with Crippen molar-refractivity contribution in [2.24, 2.45) is 0 Å². The lowest BCUT2D eigenvalue weighted by Crippen LogP contribution is -2.31. The highest BCUT2D eigenvalue weighted by molar-refractivity contribution is 5.98. The van der Waals surface area contributed by atoms with Crippen LogP contribution in [0.15, 0.2) is 66.7 Å². The number of rotatable bonds is 5. The van der Waals surface area contributed by atoms with E-state index in [1.807, 2.05) is 0 Å². The maximum atomic E-state index is 13.5. The Hall–Kier alpha value is -3.71. The minimum Gasteiger partial charge on any atom is -0.376 e. The van der Waals surface area contributed by atoms with E-state index in [4.69, 9.17) is 14.7 Å². The van der Waals surface area contributed by atoms with Gasteiger partial charge in [0.1, 0.15) is 11.6 Å². The summed E-state index contributed by atoms with van der Waals surface area (Å²) < 4.78 is 32.6. The maximum Gasteiger partial charge on any atom is 0.251 e. The second kappa shape index (κ2) is 9.03. The van der Waals surface area contributed by atoms with Gasteiger partial charge in [0, 0.05) is 29.8 Å². The predicted octanol–water partition coefficient (Wildman–Crippen LogP) is 5.15. The van der Waals surface area contributed by atoms with E-state index in [1.54, 1.807) is 42.5 Å². The molecular weight excluding hydrogens is 424 g/mol. The first-order valence-corrected chi connectivity index (χ1v) is 10.8. The molecule has 1 fully saturated rings. The molecule has 1 amide bonds. The third-order valence-corrected chi connectivity index (χ3v) is 5.68. The van der Waals surface area contributed by atoms with Crippen LogP contribution in [0.5, 0.6) is 0 Å². The number of ether oxygens (including phenoxy) is 1. The highest BCUT2D eigenvalue weighted by Crippen LogP contribution is 2.31. The van der Waals surface area contributed by atoms with Crippen molar-refractivity contribution in [1.29, 1.82) is 0 Å². The molecule has 1 aromatic heterocycles. The van der Waals surface area contributed by atoms with Crippen LogP contribution < -0.4 is 5.32 Å². The van der Waals surface area contributed by atoms with Gasteiger partial charge in [-0.05, 0) is 79.6 Å². The Bertz CT molecular complexity index is 1300. The van der Waals surface area contributed by atoms with E-state index in [0.29, 0.717) is 45.7 Å². The molecule has 1 aliphatic heterocycles. The molecule has 0 bridgehead atoms. The fourth-order valence-corrected chi connectivity index (χ4v) is 3.93. The van der Waals surface area contributed by atoms with Crippen LogP contribution in [0.2, 0.25) is 0 Å². The SMILES string of the molecule is O=C(NC[C@@H]1CCCO1)c1ccc2nc(-c3ccc(F)cc3)c(-c3ccc(F)cc3)nc2c1. The Morgan fingerprint density at radius 3 is 2.06 bits per heavy atom. The molecule has 1 N–H and O–H groups in total. The number of carbonyl (C=O) groups excluding carboxylic acids is 1. The van der Waals surface area contributed by atoms with E-state index in [2.05, 4.69) is 5.32 Å². The number of hydrogen-bond donors (Lipinski definition) is 1. The molecule has 0 aliphatic carbocycles. The molecule has 4 aromatic rings. The standard InChI is InChI=1S/C26H21F2N3O2/c27-19-8-3-16(4-9-19)24-25(17-5-10-20(28)11-6-17)31-23-14-18(7-12-22(23)30-24)26(32)29-15-21-2-1-13-33-21/h3-12,14,21H,1-2,13,15H2,(H,29,32)/t21-/m0/s1. The monoisotopic (exact) mass is 445 g/mol. The van der Waals surface area contributed by atoms with Crippen LogP contribution in [0.3, 0.4) is 0 Å². The first-order chi connectivity index (χ1) is 16.1. The van der Waals surface area contributed by atoms with Gasteiger partial charge in [-0.1, -0.05) is 0 Å². The van der Waals surface area contributed by atoms with Gasteiger partial charge in [0.05, 0.1) is 28.5 Å². The Kier molecular flexibility index (Phi) is 5.79. The third kappa shape index (κ3) is 4.59. The van der Waals surface area contributed by atoms with Crippen LogP contribution in [0.4, 0.5) is 8.78 Å². The summed E-state index contributed by atoms with van der Waals surface area (Å²) >= 11 is 0. The van der Waals surface area contributed by atoms with Crippen LogP contribution in [-0.2, 0) is 4.74 Å². The highest BCUT2D eigenvalue weighted by atomic mass is 19.1. The third-order valence-electron chi connectivity index (χ3n) is 5.68. The van der Waals surface area contributed by atoms with Gasteiger partial charge in [-0.15, -0.1) is 0 Å². The zero-order chi connectivity index (χ0) is 22.8. The quantitative estimate of drug-likeness (QED) is 0.461. The van der Waals surface area contributed by atoms with E-state index >= 15 is 0 Å². The van der Waals surface area contributed by atoms with Crippen molar-refractivity contribution in [3.63, 3.8) is 0 Å². The molecule has 0 unspecified atom stereocenters. The Morgan fingerprint density at radius 1 is 0.879 bits per heavy atom. The van der Waals surface area contributed by atoms with Crippen molar-refractivity contribution in [2.75, 3.05) is 13.2 Å². The lowest BCUT2D eigenvalue weighted by atomic mass is 10.0. The number of aromatic nitrogens is 2. The van der Waals surface area contributed by atoms with Crippen molar-refractivity contribution in [1.82, 2.24) is 15.3 Å². The van der Waals surface area contributed by atoms with Crippen LogP contribution in [0.1, 0.15) is 23.2 Å². The number of hydrogen-bond acceptors (Lipinski definition) is 4. The molecular formula is C26H21F2N3O2. The zero-order valence-corrected chi connectivity index (χ0v) is 17.7. The van der Waals surface area contributed by atoms with E-state index in [9.17, 15) is 13.6 Å². The second-order valence-corrected chi connectivity index (χ2v) is 7.98. The predicted molar refractivity (Wildman–Crippen MR) is 122 cm³/mol. The topological polar surface area (TPSA) is 64.1 Å². The average Bonchev–Trinajstić information content (AvgIpc) is 3.36. The largest absolute Gasteiger partial charge is 0.376 e. The molecule has 7 heteroatoms. The Labute approximate surface area is 189 Å². The van der Waals surface area contributed by atoms with Gasteiger partial charge in [-0.25, -0.2) is 18.7 Å². The summed E-state index contributed by atoms with van der Waals surface area (Å²) in [5.74, 6) is -0.921. The second-order valence-electron chi connectivity index (χ2n) is 7.98. The van der Waals surface area contributed by atoms with Crippen molar-refractivity contribution in [3.05, 3.63) is 83.9 Å². The molecule has 5 nitrogen and oxygen atoms in total. The molecule has 1 aliphatic rings. The van der Waals surface area contributed by atoms with Crippen LogP contribution in [0, 0.1) is 11.6 Å². The first-order valence-electron chi connectivity index (χ1n) is 10.8. The molecule has 3 aromatic carbocycles. The van der Waals surface area contributed by atoms with Gasteiger partial charge in [-0.2, -0.15) is 0 Å². The van der Waals surface area contributed by atoms with E-state index < -0.39 is 0 Å². The molecule has 0 radical (unpaired) electrons. The number of halogens is 2. The number of nitrogens with zero attached hydrogens (tertiary/aromatic N) is 2. The minimum absolute atomic E-state index is 0.0533. The average molecular weight is 445 g/mol. The minimum atomic E-state index is -0.360. The fraction of sp³-hybridized carbons (Fsp3) is 0.192. The molecule has 33 heavy (non-hydrogen) atoms. The molecule has 0 spiro atoms. The molecule has 1 saturated heterocycles. The van der Waals surface area contributed by atoms with E-state index in [-0.39, 0.29) is 23.6 Å². The van der Waals surface area contributed by atoms with Gasteiger partial charge in [0.25, 0.3) is 5.91 Å². The van der Waals surface area contributed by atoms with Gasteiger partial charge in [0.2, 0.25) is 0 Å². The van der Waals surface area contributed by atoms with Crippen LogP contribution in [-0.4, -0.2) is 35.1 Å². The Balaban J connectivity index is 1.54. The number of amides is 1. The normalized spacial score (nSPS) is 15.6. The summed E-state index contributed by atoms with van der Waals surface area (Å²) in [4.78, 5) is 22.2. The van der Waals surface area contributed by atoms with Gasteiger partial charge in [-0.3, -0.25) is 4.79 Å². The van der Waals surface area contributed by atoms with Gasteiger partial charge >= 0.3 is 0 Å². The Morgan fingerprint density at radius 2 is 1.48 bits per heavy atom. The highest BCUT2D eigenvalue weighted by Gasteiger charge is 2.18. The summed E-state index contributed by atoms with van der Waals surface area (Å²) in [6.07, 6.45) is 2.00. The van der Waals surface area contributed by atoms with Crippen LogP contribution >= 0.6 is 0 Å². The fourth-order valence-electron chi connectivity index (χ4n) is 3.93. The van der Waals surface area contributed by atoms with Crippen molar-refractivity contribution >= 4 is 16.9 Å². The van der Waals surface area contributed by atoms with Crippen molar-refractivity contribution in [3.8, 4) is 22.5 Å². The smallest absolute Gasteiger partial charge is 0.251 e. The summed E-state index contributed by atoms with van der Waals surface area (Å²) in [5, 5.41) is 2.91. The molecule has 5 rings (SSSR count). The molecule has 166 valence electrons. The molecule has 1 atom stereocenters. The number of fused-ring (bicyclic) bond motifs is 1. The number of benzene rings is 3. The summed E-state index contributed by atoms with van der Waals surface area (Å²) in [7, 11) is 0. The first kappa shape index (κ1) is 21.2. The van der Waals surface area contributed by atoms with Crippen LogP contribution in [0.25, 0.3) is 33.5 Å². The molecule has 0 saturated carbocycles. The number of nitrogens with one attached hydrogen (secondary N) is 1. The zero-order valence-electron chi connectivity index (χ0n) is 17.7. The van der Waals surface area contributed by atoms with Crippen molar-refractivity contribution < 1.29 is 18.3 Å². The lowest BCUT2D eigenvalue weighted by molar-refractivity contribution is 0.0858. The summed E-state index contributed by atoms with van der Waals surface area (Å²) in [5.41, 5.74) is 4.01. The van der Waals surface area contributed by atoms with E-state index in [1.165, 1.54) is 24.3 Å². The summed E-state index contributed by atoms with van der Waals surface area (Å²) in [6.45, 7) is 1.20. The molecule has 2 heterocycles. The lowest BCUT2D eigenvalue weighted by Gasteiger charge is -2.13. The van der Waals surface area contributed by atoms with Gasteiger partial charge in [0.15, 0.2) is 0 Å².